The summed E-state index contributed by atoms with van der Waals surface area (Å²) in [6.07, 6.45) is -3.82. The van der Waals surface area contributed by atoms with Crippen molar-refractivity contribution in [2.24, 2.45) is 5.73 Å². The molecule has 1 aliphatic heterocycles. The quantitative estimate of drug-likeness (QED) is 0.443. The van der Waals surface area contributed by atoms with Crippen molar-refractivity contribution in [3.05, 3.63) is 0 Å². The zero-order valence-electron chi connectivity index (χ0n) is 8.08. The Bertz CT molecular complexity index is 222. The van der Waals surface area contributed by atoms with Crippen molar-refractivity contribution in [2.45, 2.75) is 44.5 Å². The van der Waals surface area contributed by atoms with Crippen LogP contribution in [0.25, 0.3) is 0 Å². The molecule has 14 heavy (non-hydrogen) atoms. The predicted octanol–water partition coefficient (Wildman–Crippen LogP) is -1.66. The summed E-state index contributed by atoms with van der Waals surface area (Å²) >= 11 is 0. The molecule has 0 aromatic heterocycles. The monoisotopic (exact) mass is 205 g/mol. The van der Waals surface area contributed by atoms with Crippen molar-refractivity contribution < 1.29 is 24.5 Å². The first kappa shape index (κ1) is 11.4. The highest BCUT2D eigenvalue weighted by molar-refractivity contribution is 5.66. The number of rotatable bonds is 1. The predicted molar refractivity (Wildman–Crippen MR) is 46.1 cm³/mol. The van der Waals surface area contributed by atoms with E-state index in [2.05, 4.69) is 0 Å². The Morgan fingerprint density at radius 2 is 2.00 bits per heavy atom. The van der Waals surface area contributed by atoms with E-state index in [-0.39, 0.29) is 0 Å². The third-order valence-electron chi connectivity index (χ3n) is 2.17. The van der Waals surface area contributed by atoms with E-state index < -0.39 is 36.6 Å². The first-order valence-electron chi connectivity index (χ1n) is 4.38. The molecule has 1 aliphatic rings. The topological polar surface area (TPSA) is 102 Å². The molecule has 1 fully saturated rings. The maximum absolute atomic E-state index is 10.7. The lowest BCUT2D eigenvalue weighted by Crippen LogP contribution is -2.61. The van der Waals surface area contributed by atoms with E-state index in [0.29, 0.717) is 0 Å². The zero-order chi connectivity index (χ0) is 10.9. The summed E-state index contributed by atoms with van der Waals surface area (Å²) in [5, 5.41) is 18.8. The van der Waals surface area contributed by atoms with E-state index in [0.717, 1.165) is 0 Å². The molecule has 1 heterocycles. The lowest BCUT2D eigenvalue weighted by atomic mass is 9.98. The highest BCUT2D eigenvalue weighted by Crippen LogP contribution is 2.20. The van der Waals surface area contributed by atoms with E-state index in [1.165, 1.54) is 6.92 Å². The number of carbonyl (C=O) groups is 1. The molecule has 4 N–H and O–H groups in total. The normalized spacial score (nSPS) is 43.4. The van der Waals surface area contributed by atoms with Crippen molar-refractivity contribution in [2.75, 3.05) is 0 Å². The van der Waals surface area contributed by atoms with Crippen LogP contribution in [0.15, 0.2) is 0 Å². The molecule has 1 rings (SSSR count). The molecule has 5 atom stereocenters. The second-order valence-corrected chi connectivity index (χ2v) is 3.38. The van der Waals surface area contributed by atoms with Gasteiger partial charge in [0.15, 0.2) is 0 Å². The molecular weight excluding hydrogens is 190 g/mol. The minimum atomic E-state index is -1.15. The minimum Gasteiger partial charge on any atom is -0.434 e. The van der Waals surface area contributed by atoms with E-state index >= 15 is 0 Å². The van der Waals surface area contributed by atoms with Gasteiger partial charge in [-0.05, 0) is 6.92 Å². The fourth-order valence-corrected chi connectivity index (χ4v) is 1.32. The van der Waals surface area contributed by atoms with Crippen molar-refractivity contribution >= 4 is 5.97 Å². The molecule has 0 spiro atoms. The maximum Gasteiger partial charge on any atom is 0.304 e. The van der Waals surface area contributed by atoms with Gasteiger partial charge in [-0.3, -0.25) is 4.79 Å². The van der Waals surface area contributed by atoms with E-state index in [9.17, 15) is 15.0 Å². The Hall–Kier alpha value is -0.690. The molecule has 0 radical (unpaired) electrons. The van der Waals surface area contributed by atoms with Crippen LogP contribution in [0.2, 0.25) is 0 Å². The Morgan fingerprint density at radius 1 is 1.43 bits per heavy atom. The summed E-state index contributed by atoms with van der Waals surface area (Å²) in [5.74, 6) is -0.541. The average molecular weight is 205 g/mol. The van der Waals surface area contributed by atoms with E-state index in [4.69, 9.17) is 15.2 Å². The Morgan fingerprint density at radius 3 is 2.50 bits per heavy atom. The zero-order valence-corrected chi connectivity index (χ0v) is 8.08. The van der Waals surface area contributed by atoms with Gasteiger partial charge < -0.3 is 25.4 Å². The van der Waals surface area contributed by atoms with Gasteiger partial charge in [-0.15, -0.1) is 0 Å². The Balaban J connectivity index is 2.65. The van der Waals surface area contributed by atoms with Crippen LogP contribution < -0.4 is 5.73 Å². The SMILES string of the molecule is CC(=O)OC1O[C@H](C)[C@H](O)[C@H](O)[C@H]1N. The molecule has 0 amide bonds. The lowest BCUT2D eigenvalue weighted by molar-refractivity contribution is -0.248. The van der Waals surface area contributed by atoms with Crippen LogP contribution in [-0.4, -0.2) is 46.8 Å². The van der Waals surface area contributed by atoms with Crippen molar-refractivity contribution in [1.82, 2.24) is 0 Å². The fourth-order valence-electron chi connectivity index (χ4n) is 1.32. The van der Waals surface area contributed by atoms with Crippen LogP contribution in [0.4, 0.5) is 0 Å². The number of nitrogens with two attached hydrogens (primary N) is 1. The molecule has 0 saturated carbocycles. The molecule has 0 aliphatic carbocycles. The van der Waals surface area contributed by atoms with E-state index in [1.54, 1.807) is 6.92 Å². The van der Waals surface area contributed by atoms with Gasteiger partial charge >= 0.3 is 5.97 Å². The number of aliphatic hydroxyl groups excluding tert-OH is 2. The van der Waals surface area contributed by atoms with Crippen LogP contribution in [0, 0.1) is 0 Å². The molecule has 0 bridgehead atoms. The van der Waals surface area contributed by atoms with Gasteiger partial charge in [0.25, 0.3) is 0 Å². The molecule has 82 valence electrons. The number of ether oxygens (including phenoxy) is 2. The highest BCUT2D eigenvalue weighted by Gasteiger charge is 2.42. The van der Waals surface area contributed by atoms with Crippen LogP contribution in [0.3, 0.4) is 0 Å². The summed E-state index contributed by atoms with van der Waals surface area (Å²) in [6, 6.07) is -0.926. The highest BCUT2D eigenvalue weighted by atomic mass is 16.7. The molecule has 1 unspecified atom stereocenters. The van der Waals surface area contributed by atoms with E-state index in [1.807, 2.05) is 0 Å². The smallest absolute Gasteiger partial charge is 0.304 e. The number of hydrogen-bond donors (Lipinski definition) is 3. The Kier molecular flexibility index (Phi) is 3.43. The molecule has 0 aromatic rings. The first-order valence-corrected chi connectivity index (χ1v) is 4.38. The van der Waals surface area contributed by atoms with Gasteiger partial charge in [0.05, 0.1) is 12.1 Å². The Labute approximate surface area is 81.6 Å². The molecule has 0 aromatic carbocycles. The van der Waals surface area contributed by atoms with Gasteiger partial charge in [0.1, 0.15) is 12.2 Å². The molecular formula is C8H15NO5. The van der Waals surface area contributed by atoms with Gasteiger partial charge in [-0.1, -0.05) is 0 Å². The second-order valence-electron chi connectivity index (χ2n) is 3.38. The molecule has 6 nitrogen and oxygen atoms in total. The number of hydrogen-bond acceptors (Lipinski definition) is 6. The van der Waals surface area contributed by atoms with Crippen molar-refractivity contribution in [1.29, 1.82) is 0 Å². The third kappa shape index (κ3) is 2.21. The largest absolute Gasteiger partial charge is 0.434 e. The van der Waals surface area contributed by atoms with Gasteiger partial charge in [0.2, 0.25) is 6.29 Å². The van der Waals surface area contributed by atoms with Crippen LogP contribution in [0.1, 0.15) is 13.8 Å². The van der Waals surface area contributed by atoms with Gasteiger partial charge in [-0.2, -0.15) is 0 Å². The molecule has 6 heteroatoms. The van der Waals surface area contributed by atoms with Crippen LogP contribution in [-0.2, 0) is 14.3 Å². The summed E-state index contributed by atoms with van der Waals surface area (Å²) in [4.78, 5) is 10.7. The summed E-state index contributed by atoms with van der Waals surface area (Å²) in [7, 11) is 0. The fraction of sp³-hybridized carbons (Fsp3) is 0.875. The minimum absolute atomic E-state index is 0.541. The van der Waals surface area contributed by atoms with Gasteiger partial charge in [0, 0.05) is 6.92 Å². The maximum atomic E-state index is 10.7. The van der Waals surface area contributed by atoms with Crippen LogP contribution in [0.5, 0.6) is 0 Å². The number of aliphatic hydroxyl groups is 2. The number of esters is 1. The number of carbonyl (C=O) groups excluding carboxylic acids is 1. The average Bonchev–Trinajstić information content (AvgIpc) is 2.10. The lowest BCUT2D eigenvalue weighted by Gasteiger charge is -2.39. The molecule has 1 saturated heterocycles. The third-order valence-corrected chi connectivity index (χ3v) is 2.17. The van der Waals surface area contributed by atoms with Gasteiger partial charge in [-0.25, -0.2) is 0 Å². The van der Waals surface area contributed by atoms with Crippen LogP contribution >= 0.6 is 0 Å². The standard InChI is InChI=1S/C8H15NO5/c1-3-6(11)7(12)5(9)8(13-3)14-4(2)10/h3,5-8,11-12H,9H2,1-2H3/t3-,5-,6+,7-,8?/m1/s1. The summed E-state index contributed by atoms with van der Waals surface area (Å²) < 4.78 is 9.85. The summed E-state index contributed by atoms with van der Waals surface area (Å²) in [6.45, 7) is 2.79. The van der Waals surface area contributed by atoms with Crippen molar-refractivity contribution in [3.63, 3.8) is 0 Å². The first-order chi connectivity index (χ1) is 6.43. The second kappa shape index (κ2) is 4.22. The summed E-state index contributed by atoms with van der Waals surface area (Å²) in [5.41, 5.74) is 5.51. The van der Waals surface area contributed by atoms with Crippen molar-refractivity contribution in [3.8, 4) is 0 Å².